The molecule has 0 aliphatic rings. The summed E-state index contributed by atoms with van der Waals surface area (Å²) in [5.74, 6) is 0.357. The maximum absolute atomic E-state index is 12.4. The highest BCUT2D eigenvalue weighted by Crippen LogP contribution is 2.20. The van der Waals surface area contributed by atoms with Crippen LogP contribution in [0.25, 0.3) is 11.0 Å². The van der Waals surface area contributed by atoms with Crippen LogP contribution in [0.15, 0.2) is 48.5 Å². The second-order valence-corrected chi connectivity index (χ2v) is 5.16. The summed E-state index contributed by atoms with van der Waals surface area (Å²) in [4.78, 5) is 16.9. The van der Waals surface area contributed by atoms with Gasteiger partial charge in [-0.05, 0) is 36.8 Å². The molecule has 1 aromatic heterocycles. The molecule has 0 radical (unpaired) electrons. The first-order chi connectivity index (χ1) is 10.7. The molecule has 24 heavy (non-hydrogen) atoms. The number of benzene rings is 2. The van der Waals surface area contributed by atoms with E-state index >= 15 is 0 Å². The number of anilines is 2. The predicted octanol–water partition coefficient (Wildman–Crippen LogP) is 4.12. The van der Waals surface area contributed by atoms with Crippen LogP contribution in [-0.4, -0.2) is 15.5 Å². The Balaban J connectivity index is 0.00000144. The standard InChI is InChI=1S/C17H18N4O.2ClH/c1-2-10-21-15-9-4-3-8-14(15)19-17(21)20-16(22)12-6-5-7-13(18)11-12;;/h3-9,11H,2,10,18H2,1H3,(H,19,20,22);2*1H. The number of para-hydroxylation sites is 2. The number of nitrogen functional groups attached to an aromatic ring is 1. The van der Waals surface area contributed by atoms with Gasteiger partial charge in [0.2, 0.25) is 5.95 Å². The molecule has 1 heterocycles. The number of aromatic nitrogens is 2. The number of hydrogen-bond donors (Lipinski definition) is 2. The molecule has 0 fully saturated rings. The minimum absolute atomic E-state index is 0. The fraction of sp³-hybridized carbons (Fsp3) is 0.176. The number of fused-ring (bicyclic) bond motifs is 1. The molecule has 1 amide bonds. The van der Waals surface area contributed by atoms with Crippen LogP contribution in [0, 0.1) is 0 Å². The predicted molar refractivity (Wildman–Crippen MR) is 103 cm³/mol. The third-order valence-corrected chi connectivity index (χ3v) is 3.48. The van der Waals surface area contributed by atoms with Gasteiger partial charge in [-0.3, -0.25) is 10.1 Å². The number of carbonyl (C=O) groups is 1. The quantitative estimate of drug-likeness (QED) is 0.681. The Hall–Kier alpha value is -2.24. The van der Waals surface area contributed by atoms with Gasteiger partial charge in [0.05, 0.1) is 11.0 Å². The molecule has 0 atom stereocenters. The molecular formula is C17H20Cl2N4O. The van der Waals surface area contributed by atoms with E-state index in [1.54, 1.807) is 24.3 Å². The topological polar surface area (TPSA) is 72.9 Å². The smallest absolute Gasteiger partial charge is 0.258 e. The number of amides is 1. The monoisotopic (exact) mass is 366 g/mol. The first-order valence-corrected chi connectivity index (χ1v) is 7.31. The van der Waals surface area contributed by atoms with E-state index in [2.05, 4.69) is 17.2 Å². The van der Waals surface area contributed by atoms with Crippen LogP contribution in [0.3, 0.4) is 0 Å². The Kier molecular flexibility index (Phi) is 7.07. The summed E-state index contributed by atoms with van der Waals surface area (Å²) in [7, 11) is 0. The zero-order chi connectivity index (χ0) is 15.5. The fourth-order valence-corrected chi connectivity index (χ4v) is 2.47. The Labute approximate surface area is 153 Å². The van der Waals surface area contributed by atoms with Gasteiger partial charge in [-0.1, -0.05) is 25.1 Å². The maximum Gasteiger partial charge on any atom is 0.258 e. The average Bonchev–Trinajstić information content (AvgIpc) is 2.85. The number of nitrogens with zero attached hydrogens (tertiary/aromatic N) is 2. The van der Waals surface area contributed by atoms with Crippen molar-refractivity contribution in [3.8, 4) is 0 Å². The normalized spacial score (nSPS) is 9.88. The molecule has 0 aliphatic heterocycles. The number of aryl methyl sites for hydroxylation is 1. The van der Waals surface area contributed by atoms with Crippen molar-refractivity contribution in [2.24, 2.45) is 0 Å². The van der Waals surface area contributed by atoms with Crippen LogP contribution in [0.2, 0.25) is 0 Å². The third-order valence-electron chi connectivity index (χ3n) is 3.48. The average molecular weight is 367 g/mol. The van der Waals surface area contributed by atoms with Gasteiger partial charge in [0.15, 0.2) is 0 Å². The van der Waals surface area contributed by atoms with E-state index in [0.717, 1.165) is 24.0 Å². The summed E-state index contributed by atoms with van der Waals surface area (Å²) in [5, 5.41) is 2.89. The minimum atomic E-state index is -0.208. The number of halogens is 2. The molecule has 3 aromatic rings. The van der Waals surface area contributed by atoms with Crippen LogP contribution in [-0.2, 0) is 6.54 Å². The summed E-state index contributed by atoms with van der Waals surface area (Å²) in [6, 6.07) is 14.8. The second-order valence-electron chi connectivity index (χ2n) is 5.16. The molecule has 3 N–H and O–H groups in total. The molecule has 0 saturated heterocycles. The molecule has 0 unspecified atom stereocenters. The fourth-order valence-electron chi connectivity index (χ4n) is 2.47. The van der Waals surface area contributed by atoms with Gasteiger partial charge < -0.3 is 10.3 Å². The lowest BCUT2D eigenvalue weighted by atomic mass is 10.2. The molecule has 0 aliphatic carbocycles. The van der Waals surface area contributed by atoms with Crippen LogP contribution in [0.4, 0.5) is 11.6 Å². The lowest BCUT2D eigenvalue weighted by Crippen LogP contribution is -2.16. The molecule has 128 valence electrons. The van der Waals surface area contributed by atoms with Gasteiger partial charge in [-0.25, -0.2) is 4.98 Å². The third kappa shape index (κ3) is 3.99. The van der Waals surface area contributed by atoms with E-state index in [0.29, 0.717) is 17.2 Å². The van der Waals surface area contributed by atoms with Crippen LogP contribution in [0.1, 0.15) is 23.7 Å². The zero-order valence-electron chi connectivity index (χ0n) is 13.2. The largest absolute Gasteiger partial charge is 0.399 e. The molecular weight excluding hydrogens is 347 g/mol. The van der Waals surface area contributed by atoms with Gasteiger partial charge in [0.25, 0.3) is 5.91 Å². The van der Waals surface area contributed by atoms with Crippen LogP contribution in [0.5, 0.6) is 0 Å². The minimum Gasteiger partial charge on any atom is -0.399 e. The van der Waals surface area contributed by atoms with E-state index in [4.69, 9.17) is 5.73 Å². The van der Waals surface area contributed by atoms with E-state index < -0.39 is 0 Å². The summed E-state index contributed by atoms with van der Waals surface area (Å²) in [6.45, 7) is 2.89. The molecule has 2 aromatic carbocycles. The van der Waals surface area contributed by atoms with Crippen molar-refractivity contribution in [3.63, 3.8) is 0 Å². The van der Waals surface area contributed by atoms with Gasteiger partial charge in [-0.2, -0.15) is 0 Å². The van der Waals surface area contributed by atoms with Gasteiger partial charge in [-0.15, -0.1) is 24.8 Å². The Bertz CT molecular complexity index is 832. The highest BCUT2D eigenvalue weighted by atomic mass is 35.5. The summed E-state index contributed by atoms with van der Waals surface area (Å²) >= 11 is 0. The highest BCUT2D eigenvalue weighted by molar-refractivity contribution is 6.04. The van der Waals surface area contributed by atoms with Crippen molar-refractivity contribution in [1.29, 1.82) is 0 Å². The lowest BCUT2D eigenvalue weighted by molar-refractivity contribution is 0.102. The molecule has 5 nitrogen and oxygen atoms in total. The molecule has 0 spiro atoms. The summed E-state index contributed by atoms with van der Waals surface area (Å²) in [5.41, 5.74) is 8.71. The first-order valence-electron chi connectivity index (χ1n) is 7.31. The van der Waals surface area contributed by atoms with E-state index in [9.17, 15) is 4.79 Å². The van der Waals surface area contributed by atoms with Crippen molar-refractivity contribution in [1.82, 2.24) is 9.55 Å². The van der Waals surface area contributed by atoms with Crippen molar-refractivity contribution >= 4 is 53.4 Å². The first kappa shape index (κ1) is 19.8. The SMILES string of the molecule is CCCn1c(NC(=O)c2cccc(N)c2)nc2ccccc21.Cl.Cl. The lowest BCUT2D eigenvalue weighted by Gasteiger charge is -2.09. The van der Waals surface area contributed by atoms with Gasteiger partial charge in [0, 0.05) is 17.8 Å². The van der Waals surface area contributed by atoms with E-state index in [-0.39, 0.29) is 30.7 Å². The van der Waals surface area contributed by atoms with Gasteiger partial charge in [0.1, 0.15) is 0 Å². The number of nitrogens with one attached hydrogen (secondary N) is 1. The summed E-state index contributed by atoms with van der Waals surface area (Å²) < 4.78 is 2.03. The molecule has 0 saturated carbocycles. The van der Waals surface area contributed by atoms with E-state index in [1.165, 1.54) is 0 Å². The summed E-state index contributed by atoms with van der Waals surface area (Å²) in [6.07, 6.45) is 0.960. The number of nitrogens with two attached hydrogens (primary N) is 1. The van der Waals surface area contributed by atoms with Crippen molar-refractivity contribution in [3.05, 3.63) is 54.1 Å². The van der Waals surface area contributed by atoms with Crippen molar-refractivity contribution < 1.29 is 4.79 Å². The Morgan fingerprint density at radius 1 is 1.17 bits per heavy atom. The number of rotatable bonds is 4. The number of imidazole rings is 1. The molecule has 3 rings (SSSR count). The van der Waals surface area contributed by atoms with Crippen molar-refractivity contribution in [2.45, 2.75) is 19.9 Å². The Morgan fingerprint density at radius 3 is 2.62 bits per heavy atom. The maximum atomic E-state index is 12.4. The van der Waals surface area contributed by atoms with E-state index in [1.807, 2.05) is 28.8 Å². The van der Waals surface area contributed by atoms with Crippen molar-refractivity contribution in [2.75, 3.05) is 11.1 Å². The van der Waals surface area contributed by atoms with Crippen LogP contribution >= 0.6 is 24.8 Å². The highest BCUT2D eigenvalue weighted by Gasteiger charge is 2.13. The second kappa shape index (κ2) is 8.57. The number of carbonyl (C=O) groups excluding carboxylic acids is 1. The number of hydrogen-bond acceptors (Lipinski definition) is 3. The van der Waals surface area contributed by atoms with Gasteiger partial charge >= 0.3 is 0 Å². The molecule has 7 heteroatoms. The zero-order valence-corrected chi connectivity index (χ0v) is 14.9. The van der Waals surface area contributed by atoms with Crippen LogP contribution < -0.4 is 11.1 Å². The molecule has 0 bridgehead atoms. The Morgan fingerprint density at radius 2 is 1.92 bits per heavy atom.